The molecule has 1 N–H and O–H groups in total. The maximum absolute atomic E-state index is 5.28. The van der Waals surface area contributed by atoms with Gasteiger partial charge in [0.2, 0.25) is 5.89 Å². The minimum absolute atomic E-state index is 0.191. The summed E-state index contributed by atoms with van der Waals surface area (Å²) in [6, 6.07) is 0.191. The van der Waals surface area contributed by atoms with Gasteiger partial charge in [0.15, 0.2) is 5.82 Å². The molecule has 0 saturated heterocycles. The van der Waals surface area contributed by atoms with Gasteiger partial charge in [-0.2, -0.15) is 4.98 Å². The maximum atomic E-state index is 5.28. The number of hydrogen-bond donors (Lipinski definition) is 1. The van der Waals surface area contributed by atoms with Crippen LogP contribution in [0.15, 0.2) is 4.52 Å². The van der Waals surface area contributed by atoms with Gasteiger partial charge in [0, 0.05) is 0 Å². The Labute approximate surface area is 103 Å². The molecule has 0 aromatic carbocycles. The number of aryl methyl sites for hydroxylation is 1. The molecule has 2 rings (SSSR count). The number of aromatic nitrogens is 2. The fourth-order valence-electron chi connectivity index (χ4n) is 2.56. The van der Waals surface area contributed by atoms with Crippen LogP contribution in [0.1, 0.15) is 57.3 Å². The van der Waals surface area contributed by atoms with Gasteiger partial charge in [-0.25, -0.2) is 0 Å². The van der Waals surface area contributed by atoms with Crippen LogP contribution in [-0.4, -0.2) is 16.7 Å². The predicted octanol–water partition coefficient (Wildman–Crippen LogP) is 2.85. The Bertz CT molecular complexity index is 342. The quantitative estimate of drug-likeness (QED) is 0.855. The van der Waals surface area contributed by atoms with Crippen molar-refractivity contribution in [2.75, 3.05) is 6.54 Å². The lowest BCUT2D eigenvalue weighted by Gasteiger charge is -2.20. The summed E-state index contributed by atoms with van der Waals surface area (Å²) in [5, 5.41) is 7.47. The molecule has 1 atom stereocenters. The summed E-state index contributed by atoms with van der Waals surface area (Å²) in [5.74, 6) is 2.75. The van der Waals surface area contributed by atoms with Gasteiger partial charge in [0.05, 0.1) is 6.04 Å². The van der Waals surface area contributed by atoms with E-state index in [0.717, 1.165) is 18.4 Å². The number of nitrogens with one attached hydrogen (secondary N) is 1. The first-order valence-corrected chi connectivity index (χ1v) is 6.70. The van der Waals surface area contributed by atoms with Gasteiger partial charge < -0.3 is 9.84 Å². The first kappa shape index (κ1) is 12.6. The van der Waals surface area contributed by atoms with Crippen molar-refractivity contribution in [3.63, 3.8) is 0 Å². The number of hydrogen-bond acceptors (Lipinski definition) is 4. The fourth-order valence-corrected chi connectivity index (χ4v) is 2.56. The van der Waals surface area contributed by atoms with Crippen LogP contribution in [0.25, 0.3) is 0 Å². The predicted molar refractivity (Wildman–Crippen MR) is 66.6 cm³/mol. The summed E-state index contributed by atoms with van der Waals surface area (Å²) in [6.07, 6.45) is 5.50. The molecule has 1 saturated carbocycles. The van der Waals surface area contributed by atoms with Crippen LogP contribution in [-0.2, 0) is 0 Å². The molecule has 0 radical (unpaired) electrons. The normalized spacial score (nSPS) is 19.1. The van der Waals surface area contributed by atoms with Crippen LogP contribution >= 0.6 is 0 Å². The molecule has 1 heterocycles. The summed E-state index contributed by atoms with van der Waals surface area (Å²) in [6.45, 7) is 7.31. The smallest absolute Gasteiger partial charge is 0.244 e. The zero-order valence-corrected chi connectivity index (χ0v) is 11.1. The van der Waals surface area contributed by atoms with E-state index < -0.39 is 0 Å². The molecule has 1 aromatic heterocycles. The Morgan fingerprint density at radius 2 is 2.06 bits per heavy atom. The monoisotopic (exact) mass is 237 g/mol. The van der Waals surface area contributed by atoms with E-state index in [1.807, 2.05) is 6.92 Å². The van der Waals surface area contributed by atoms with Crippen LogP contribution in [0.4, 0.5) is 0 Å². The third-order valence-electron chi connectivity index (χ3n) is 3.58. The third kappa shape index (κ3) is 3.28. The zero-order chi connectivity index (χ0) is 12.3. The van der Waals surface area contributed by atoms with E-state index in [0.29, 0.717) is 11.7 Å². The van der Waals surface area contributed by atoms with Crippen molar-refractivity contribution >= 4 is 0 Å². The number of rotatable bonds is 5. The van der Waals surface area contributed by atoms with Gasteiger partial charge in [0.25, 0.3) is 0 Å². The Morgan fingerprint density at radius 1 is 1.35 bits per heavy atom. The standard InChI is InChI=1S/C13H23N3O/c1-9(2)12(13-15-10(3)16-17-13)14-8-11-6-4-5-7-11/h9,11-12,14H,4-8H2,1-3H3/t12-/m0/s1. The highest BCUT2D eigenvalue weighted by Crippen LogP contribution is 2.26. The lowest BCUT2D eigenvalue weighted by Crippen LogP contribution is -2.30. The molecular weight excluding hydrogens is 214 g/mol. The van der Waals surface area contributed by atoms with E-state index in [9.17, 15) is 0 Å². The van der Waals surface area contributed by atoms with Crippen molar-refractivity contribution in [1.29, 1.82) is 0 Å². The fraction of sp³-hybridized carbons (Fsp3) is 0.846. The van der Waals surface area contributed by atoms with Crippen LogP contribution in [0, 0.1) is 18.8 Å². The van der Waals surface area contributed by atoms with E-state index >= 15 is 0 Å². The van der Waals surface area contributed by atoms with Crippen LogP contribution in [0.5, 0.6) is 0 Å². The van der Waals surface area contributed by atoms with Crippen LogP contribution in [0.2, 0.25) is 0 Å². The van der Waals surface area contributed by atoms with Crippen molar-refractivity contribution in [3.05, 3.63) is 11.7 Å². The molecule has 1 aliphatic rings. The number of nitrogens with zero attached hydrogens (tertiary/aromatic N) is 2. The van der Waals surface area contributed by atoms with Crippen molar-refractivity contribution in [1.82, 2.24) is 15.5 Å². The molecule has 1 fully saturated rings. The largest absolute Gasteiger partial charge is 0.338 e. The molecule has 0 bridgehead atoms. The molecule has 96 valence electrons. The van der Waals surface area contributed by atoms with Crippen LogP contribution < -0.4 is 5.32 Å². The van der Waals surface area contributed by atoms with Gasteiger partial charge >= 0.3 is 0 Å². The highest BCUT2D eigenvalue weighted by molar-refractivity contribution is 4.93. The van der Waals surface area contributed by atoms with Gasteiger partial charge in [0.1, 0.15) is 0 Å². The molecule has 0 unspecified atom stereocenters. The molecular formula is C13H23N3O. The molecule has 0 aliphatic heterocycles. The Kier molecular flexibility index (Phi) is 4.15. The SMILES string of the molecule is Cc1noc([C@@H](NCC2CCCC2)C(C)C)n1. The Morgan fingerprint density at radius 3 is 2.59 bits per heavy atom. The summed E-state index contributed by atoms with van der Waals surface area (Å²) in [5.41, 5.74) is 0. The summed E-state index contributed by atoms with van der Waals surface area (Å²) in [4.78, 5) is 4.34. The van der Waals surface area contributed by atoms with E-state index in [1.165, 1.54) is 25.7 Å². The molecule has 4 heteroatoms. The van der Waals surface area contributed by atoms with Crippen molar-refractivity contribution < 1.29 is 4.52 Å². The van der Waals surface area contributed by atoms with E-state index in [-0.39, 0.29) is 6.04 Å². The minimum atomic E-state index is 0.191. The van der Waals surface area contributed by atoms with Crippen molar-refractivity contribution in [3.8, 4) is 0 Å². The maximum Gasteiger partial charge on any atom is 0.244 e. The molecule has 17 heavy (non-hydrogen) atoms. The average molecular weight is 237 g/mol. The average Bonchev–Trinajstić information content (AvgIpc) is 2.90. The first-order chi connectivity index (χ1) is 8.16. The molecule has 0 amide bonds. The second-order valence-corrected chi connectivity index (χ2v) is 5.46. The van der Waals surface area contributed by atoms with Crippen LogP contribution in [0.3, 0.4) is 0 Å². The van der Waals surface area contributed by atoms with Crippen molar-refractivity contribution in [2.45, 2.75) is 52.5 Å². The second-order valence-electron chi connectivity index (χ2n) is 5.46. The highest BCUT2D eigenvalue weighted by atomic mass is 16.5. The van der Waals surface area contributed by atoms with Gasteiger partial charge in [-0.3, -0.25) is 0 Å². The Balaban J connectivity index is 1.92. The van der Waals surface area contributed by atoms with E-state index in [4.69, 9.17) is 4.52 Å². The molecule has 0 spiro atoms. The van der Waals surface area contributed by atoms with Gasteiger partial charge in [-0.05, 0) is 38.1 Å². The lowest BCUT2D eigenvalue weighted by atomic mass is 10.0. The van der Waals surface area contributed by atoms with E-state index in [2.05, 4.69) is 29.3 Å². The Hall–Kier alpha value is -0.900. The minimum Gasteiger partial charge on any atom is -0.338 e. The lowest BCUT2D eigenvalue weighted by molar-refractivity contribution is 0.277. The first-order valence-electron chi connectivity index (χ1n) is 6.70. The molecule has 4 nitrogen and oxygen atoms in total. The van der Waals surface area contributed by atoms with E-state index in [1.54, 1.807) is 0 Å². The van der Waals surface area contributed by atoms with Gasteiger partial charge in [-0.1, -0.05) is 31.8 Å². The van der Waals surface area contributed by atoms with Gasteiger partial charge in [-0.15, -0.1) is 0 Å². The topological polar surface area (TPSA) is 51.0 Å². The van der Waals surface area contributed by atoms with Crippen molar-refractivity contribution in [2.24, 2.45) is 11.8 Å². The summed E-state index contributed by atoms with van der Waals surface area (Å²) < 4.78 is 5.28. The summed E-state index contributed by atoms with van der Waals surface area (Å²) in [7, 11) is 0. The molecule has 1 aliphatic carbocycles. The molecule has 1 aromatic rings. The summed E-state index contributed by atoms with van der Waals surface area (Å²) >= 11 is 0. The zero-order valence-electron chi connectivity index (χ0n) is 11.1. The third-order valence-corrected chi connectivity index (χ3v) is 3.58. The second kappa shape index (κ2) is 5.63. The highest BCUT2D eigenvalue weighted by Gasteiger charge is 2.23.